The first-order chi connectivity index (χ1) is 8.11. The standard InChI is InChI=1S/C13H10Cl2O2/c1-17-9-4-2-3-8(5-9)10-6-12(15)13(16)7-11(10)14/h2-7,16H,1H3. The van der Waals surface area contributed by atoms with Gasteiger partial charge in [0, 0.05) is 11.6 Å². The van der Waals surface area contributed by atoms with E-state index in [1.807, 2.05) is 24.3 Å². The fraction of sp³-hybridized carbons (Fsp3) is 0.0769. The predicted molar refractivity (Wildman–Crippen MR) is 70.1 cm³/mol. The van der Waals surface area contributed by atoms with E-state index in [9.17, 15) is 5.11 Å². The highest BCUT2D eigenvalue weighted by molar-refractivity contribution is 6.36. The lowest BCUT2D eigenvalue weighted by molar-refractivity contribution is 0.415. The Labute approximate surface area is 109 Å². The van der Waals surface area contributed by atoms with Crippen LogP contribution in [0.5, 0.6) is 11.5 Å². The molecule has 0 fully saturated rings. The molecule has 0 heterocycles. The van der Waals surface area contributed by atoms with Crippen LogP contribution in [0.15, 0.2) is 36.4 Å². The van der Waals surface area contributed by atoms with Gasteiger partial charge < -0.3 is 9.84 Å². The van der Waals surface area contributed by atoms with Gasteiger partial charge in [0.05, 0.1) is 17.2 Å². The molecule has 2 nitrogen and oxygen atoms in total. The van der Waals surface area contributed by atoms with Crippen molar-refractivity contribution in [1.82, 2.24) is 0 Å². The summed E-state index contributed by atoms with van der Waals surface area (Å²) in [6.07, 6.45) is 0. The quantitative estimate of drug-likeness (QED) is 0.876. The van der Waals surface area contributed by atoms with E-state index in [2.05, 4.69) is 0 Å². The second-order valence-corrected chi connectivity index (χ2v) is 4.33. The fourth-order valence-electron chi connectivity index (χ4n) is 1.55. The van der Waals surface area contributed by atoms with Gasteiger partial charge in [-0.15, -0.1) is 0 Å². The highest BCUT2D eigenvalue weighted by Gasteiger charge is 2.09. The summed E-state index contributed by atoms with van der Waals surface area (Å²) in [4.78, 5) is 0. The number of methoxy groups -OCH3 is 1. The Morgan fingerprint density at radius 2 is 1.82 bits per heavy atom. The van der Waals surface area contributed by atoms with E-state index in [0.29, 0.717) is 5.02 Å². The summed E-state index contributed by atoms with van der Waals surface area (Å²) in [5.74, 6) is 0.714. The van der Waals surface area contributed by atoms with Crippen molar-refractivity contribution in [1.29, 1.82) is 0 Å². The van der Waals surface area contributed by atoms with Crippen molar-refractivity contribution in [3.63, 3.8) is 0 Å². The van der Waals surface area contributed by atoms with Crippen LogP contribution in [0, 0.1) is 0 Å². The zero-order valence-electron chi connectivity index (χ0n) is 9.08. The first-order valence-electron chi connectivity index (χ1n) is 4.94. The number of phenols is 1. The van der Waals surface area contributed by atoms with Crippen molar-refractivity contribution in [3.8, 4) is 22.6 Å². The summed E-state index contributed by atoms with van der Waals surface area (Å²) in [6.45, 7) is 0. The van der Waals surface area contributed by atoms with Gasteiger partial charge in [0.25, 0.3) is 0 Å². The van der Waals surface area contributed by atoms with E-state index in [4.69, 9.17) is 27.9 Å². The first-order valence-corrected chi connectivity index (χ1v) is 5.70. The van der Waals surface area contributed by atoms with E-state index >= 15 is 0 Å². The summed E-state index contributed by atoms with van der Waals surface area (Å²) in [6, 6.07) is 10.5. The Balaban J connectivity index is 2.56. The van der Waals surface area contributed by atoms with Crippen LogP contribution in [0.3, 0.4) is 0 Å². The highest BCUT2D eigenvalue weighted by atomic mass is 35.5. The predicted octanol–water partition coefficient (Wildman–Crippen LogP) is 4.37. The van der Waals surface area contributed by atoms with Crippen LogP contribution in [0.25, 0.3) is 11.1 Å². The number of ether oxygens (including phenoxy) is 1. The zero-order chi connectivity index (χ0) is 12.4. The number of benzene rings is 2. The number of hydrogen-bond donors (Lipinski definition) is 1. The van der Waals surface area contributed by atoms with Gasteiger partial charge in [0.2, 0.25) is 0 Å². The Bertz CT molecular complexity index is 553. The van der Waals surface area contributed by atoms with Gasteiger partial charge in [0.15, 0.2) is 0 Å². The third-order valence-corrected chi connectivity index (χ3v) is 3.03. The van der Waals surface area contributed by atoms with Crippen LogP contribution in [0.2, 0.25) is 10.0 Å². The lowest BCUT2D eigenvalue weighted by Gasteiger charge is -2.08. The smallest absolute Gasteiger partial charge is 0.135 e. The maximum absolute atomic E-state index is 9.43. The average Bonchev–Trinajstić information content (AvgIpc) is 2.34. The van der Waals surface area contributed by atoms with Crippen molar-refractivity contribution in [3.05, 3.63) is 46.4 Å². The van der Waals surface area contributed by atoms with Gasteiger partial charge in [-0.2, -0.15) is 0 Å². The molecule has 2 aromatic carbocycles. The molecule has 0 unspecified atom stereocenters. The van der Waals surface area contributed by atoms with Crippen molar-refractivity contribution < 1.29 is 9.84 Å². The second-order valence-electron chi connectivity index (χ2n) is 3.52. The number of aromatic hydroxyl groups is 1. The fourth-order valence-corrected chi connectivity index (χ4v) is 1.98. The maximum atomic E-state index is 9.43. The average molecular weight is 269 g/mol. The lowest BCUT2D eigenvalue weighted by Crippen LogP contribution is -1.85. The second kappa shape index (κ2) is 4.86. The van der Waals surface area contributed by atoms with E-state index in [1.54, 1.807) is 13.2 Å². The molecule has 0 aliphatic heterocycles. The highest BCUT2D eigenvalue weighted by Crippen LogP contribution is 2.36. The van der Waals surface area contributed by atoms with Gasteiger partial charge in [-0.05, 0) is 23.8 Å². The van der Waals surface area contributed by atoms with E-state index in [1.165, 1.54) is 6.07 Å². The van der Waals surface area contributed by atoms with Crippen molar-refractivity contribution >= 4 is 23.2 Å². The van der Waals surface area contributed by atoms with Crippen LogP contribution >= 0.6 is 23.2 Å². The molecular formula is C13H10Cl2O2. The Kier molecular flexibility index (Phi) is 3.46. The molecule has 17 heavy (non-hydrogen) atoms. The SMILES string of the molecule is COc1cccc(-c2cc(Cl)c(O)cc2Cl)c1. The molecule has 0 saturated heterocycles. The molecule has 0 amide bonds. The van der Waals surface area contributed by atoms with Crippen molar-refractivity contribution in [2.75, 3.05) is 7.11 Å². The summed E-state index contributed by atoms with van der Waals surface area (Å²) in [5.41, 5.74) is 1.64. The molecule has 2 rings (SSSR count). The minimum Gasteiger partial charge on any atom is -0.506 e. The Morgan fingerprint density at radius 1 is 1.06 bits per heavy atom. The van der Waals surface area contributed by atoms with Crippen LogP contribution < -0.4 is 4.74 Å². The van der Waals surface area contributed by atoms with Gasteiger partial charge >= 0.3 is 0 Å². The number of rotatable bonds is 2. The molecule has 0 aliphatic rings. The summed E-state index contributed by atoms with van der Waals surface area (Å²) in [7, 11) is 1.60. The lowest BCUT2D eigenvalue weighted by atomic mass is 10.1. The Morgan fingerprint density at radius 3 is 2.53 bits per heavy atom. The van der Waals surface area contributed by atoms with Crippen LogP contribution in [0.4, 0.5) is 0 Å². The molecule has 88 valence electrons. The molecular weight excluding hydrogens is 259 g/mol. The molecule has 0 spiro atoms. The first kappa shape index (κ1) is 12.1. The largest absolute Gasteiger partial charge is 0.506 e. The number of phenolic OH excluding ortho intramolecular Hbond substituents is 1. The Hall–Kier alpha value is -1.38. The van der Waals surface area contributed by atoms with E-state index in [0.717, 1.165) is 16.9 Å². The minimum atomic E-state index is -0.0247. The maximum Gasteiger partial charge on any atom is 0.135 e. The molecule has 1 N–H and O–H groups in total. The van der Waals surface area contributed by atoms with Crippen LogP contribution in [0.1, 0.15) is 0 Å². The molecule has 4 heteroatoms. The van der Waals surface area contributed by atoms with Gasteiger partial charge in [0.1, 0.15) is 11.5 Å². The van der Waals surface area contributed by atoms with E-state index in [-0.39, 0.29) is 10.8 Å². The topological polar surface area (TPSA) is 29.5 Å². The third kappa shape index (κ3) is 2.48. The van der Waals surface area contributed by atoms with Gasteiger partial charge in [-0.3, -0.25) is 0 Å². The third-order valence-electron chi connectivity index (χ3n) is 2.42. The van der Waals surface area contributed by atoms with Crippen LogP contribution in [-0.2, 0) is 0 Å². The number of hydrogen-bond acceptors (Lipinski definition) is 2. The van der Waals surface area contributed by atoms with E-state index < -0.39 is 0 Å². The van der Waals surface area contributed by atoms with Crippen LogP contribution in [-0.4, -0.2) is 12.2 Å². The molecule has 0 aliphatic carbocycles. The monoisotopic (exact) mass is 268 g/mol. The molecule has 0 aromatic heterocycles. The molecule has 0 saturated carbocycles. The summed E-state index contributed by atoms with van der Waals surface area (Å²) < 4.78 is 5.14. The summed E-state index contributed by atoms with van der Waals surface area (Å²) >= 11 is 11.9. The minimum absolute atomic E-state index is 0.0247. The van der Waals surface area contributed by atoms with Crippen molar-refractivity contribution in [2.45, 2.75) is 0 Å². The van der Waals surface area contributed by atoms with Gasteiger partial charge in [-0.25, -0.2) is 0 Å². The molecule has 2 aromatic rings. The molecule has 0 radical (unpaired) electrons. The summed E-state index contributed by atoms with van der Waals surface area (Å²) in [5, 5.41) is 10.1. The molecule has 0 atom stereocenters. The van der Waals surface area contributed by atoms with Crippen molar-refractivity contribution in [2.24, 2.45) is 0 Å². The number of halogens is 2. The normalized spacial score (nSPS) is 10.3. The molecule has 0 bridgehead atoms. The van der Waals surface area contributed by atoms with Gasteiger partial charge in [-0.1, -0.05) is 35.3 Å². The zero-order valence-corrected chi connectivity index (χ0v) is 10.6.